The summed E-state index contributed by atoms with van der Waals surface area (Å²) in [6.45, 7) is 1.68. The zero-order valence-corrected chi connectivity index (χ0v) is 12.2. The molecule has 0 aliphatic carbocycles. The third-order valence-corrected chi connectivity index (χ3v) is 3.10. The number of hydrogen-bond donors (Lipinski definition) is 1. The van der Waals surface area contributed by atoms with Crippen molar-refractivity contribution in [2.45, 2.75) is 6.92 Å². The minimum Gasteiger partial charge on any atom is -0.465 e. The van der Waals surface area contributed by atoms with Gasteiger partial charge in [-0.25, -0.2) is 9.18 Å². The lowest BCUT2D eigenvalue weighted by atomic mass is 10.1. The van der Waals surface area contributed by atoms with E-state index in [0.717, 1.165) is 0 Å². The summed E-state index contributed by atoms with van der Waals surface area (Å²) in [5.74, 6) is -0.504. The molecule has 2 N–H and O–H groups in total. The second-order valence-corrected chi connectivity index (χ2v) is 4.79. The second kappa shape index (κ2) is 6.01. The maximum absolute atomic E-state index is 13.1. The van der Waals surface area contributed by atoms with Gasteiger partial charge in [0, 0.05) is 5.69 Å². The van der Waals surface area contributed by atoms with Crippen LogP contribution >= 0.6 is 11.6 Å². The van der Waals surface area contributed by atoms with E-state index in [1.807, 2.05) is 0 Å². The van der Waals surface area contributed by atoms with Gasteiger partial charge in [0.25, 0.3) is 0 Å². The zero-order valence-electron chi connectivity index (χ0n) is 11.4. The molecule has 0 aliphatic rings. The first-order valence-corrected chi connectivity index (χ1v) is 6.41. The molecule has 0 atom stereocenters. The van der Waals surface area contributed by atoms with Crippen molar-refractivity contribution < 1.29 is 18.7 Å². The van der Waals surface area contributed by atoms with Gasteiger partial charge in [-0.2, -0.15) is 0 Å². The molecule has 0 fully saturated rings. The van der Waals surface area contributed by atoms with Crippen molar-refractivity contribution >= 4 is 23.3 Å². The average molecular weight is 310 g/mol. The molecule has 2 aromatic rings. The van der Waals surface area contributed by atoms with Crippen LogP contribution in [0.25, 0.3) is 0 Å². The SMILES string of the molecule is COC(=O)c1cc(N)cc(Cl)c1Oc1ccc(F)cc1C. The Bertz CT molecular complexity index is 704. The molecule has 0 aromatic heterocycles. The maximum Gasteiger partial charge on any atom is 0.341 e. The van der Waals surface area contributed by atoms with Crippen molar-refractivity contribution in [3.63, 3.8) is 0 Å². The maximum atomic E-state index is 13.1. The van der Waals surface area contributed by atoms with Crippen LogP contribution in [0, 0.1) is 12.7 Å². The topological polar surface area (TPSA) is 61.5 Å². The molecule has 0 aliphatic heterocycles. The van der Waals surface area contributed by atoms with Crippen LogP contribution in [0.2, 0.25) is 5.02 Å². The summed E-state index contributed by atoms with van der Waals surface area (Å²) >= 11 is 6.08. The molecule has 4 nitrogen and oxygen atoms in total. The predicted molar refractivity (Wildman–Crippen MR) is 78.4 cm³/mol. The van der Waals surface area contributed by atoms with E-state index in [2.05, 4.69) is 4.74 Å². The van der Waals surface area contributed by atoms with Crippen molar-refractivity contribution in [3.8, 4) is 11.5 Å². The van der Waals surface area contributed by atoms with Crippen LogP contribution in [0.15, 0.2) is 30.3 Å². The Morgan fingerprint density at radius 3 is 2.62 bits per heavy atom. The molecule has 110 valence electrons. The number of benzene rings is 2. The van der Waals surface area contributed by atoms with Crippen molar-refractivity contribution in [3.05, 3.63) is 52.3 Å². The van der Waals surface area contributed by atoms with Gasteiger partial charge in [0.15, 0.2) is 5.75 Å². The number of carbonyl (C=O) groups excluding carboxylic acids is 1. The summed E-state index contributed by atoms with van der Waals surface area (Å²) in [5, 5.41) is 0.166. The number of nitrogen functional groups attached to an aromatic ring is 1. The minimum atomic E-state index is -0.626. The van der Waals surface area contributed by atoms with Crippen molar-refractivity contribution in [1.82, 2.24) is 0 Å². The Kier molecular flexibility index (Phi) is 4.33. The van der Waals surface area contributed by atoms with Crippen molar-refractivity contribution in [1.29, 1.82) is 0 Å². The molecule has 0 saturated carbocycles. The second-order valence-electron chi connectivity index (χ2n) is 4.38. The van der Waals surface area contributed by atoms with Crippen molar-refractivity contribution in [2.24, 2.45) is 0 Å². The van der Waals surface area contributed by atoms with Gasteiger partial charge in [0.2, 0.25) is 0 Å². The normalized spacial score (nSPS) is 10.3. The summed E-state index contributed by atoms with van der Waals surface area (Å²) in [7, 11) is 1.24. The molecule has 0 spiro atoms. The summed E-state index contributed by atoms with van der Waals surface area (Å²) < 4.78 is 23.4. The Hall–Kier alpha value is -2.27. The Labute approximate surface area is 126 Å². The molecule has 0 unspecified atom stereocenters. The number of hydrogen-bond acceptors (Lipinski definition) is 4. The molecule has 21 heavy (non-hydrogen) atoms. The average Bonchev–Trinajstić information content (AvgIpc) is 2.42. The number of rotatable bonds is 3. The smallest absolute Gasteiger partial charge is 0.341 e. The van der Waals surface area contributed by atoms with Crippen LogP contribution in [0.4, 0.5) is 10.1 Å². The van der Waals surface area contributed by atoms with Gasteiger partial charge in [-0.15, -0.1) is 0 Å². The number of esters is 1. The monoisotopic (exact) mass is 309 g/mol. The number of methoxy groups -OCH3 is 1. The molecular formula is C15H13ClFNO3. The number of ether oxygens (including phenoxy) is 2. The fourth-order valence-electron chi connectivity index (χ4n) is 1.82. The van der Waals surface area contributed by atoms with Crippen LogP contribution < -0.4 is 10.5 Å². The van der Waals surface area contributed by atoms with E-state index >= 15 is 0 Å². The lowest BCUT2D eigenvalue weighted by Gasteiger charge is -2.14. The van der Waals surface area contributed by atoms with Gasteiger partial charge < -0.3 is 15.2 Å². The van der Waals surface area contributed by atoms with E-state index in [4.69, 9.17) is 22.1 Å². The summed E-state index contributed by atoms with van der Waals surface area (Å²) in [6, 6.07) is 6.90. The van der Waals surface area contributed by atoms with E-state index in [-0.39, 0.29) is 22.2 Å². The Morgan fingerprint density at radius 1 is 1.29 bits per heavy atom. The van der Waals surface area contributed by atoms with Crippen LogP contribution in [0.5, 0.6) is 11.5 Å². The van der Waals surface area contributed by atoms with E-state index < -0.39 is 5.97 Å². The summed E-state index contributed by atoms with van der Waals surface area (Å²) in [4.78, 5) is 11.8. The first-order chi connectivity index (χ1) is 9.92. The number of nitrogens with two attached hydrogens (primary N) is 1. The van der Waals surface area contributed by atoms with Gasteiger partial charge in [0.05, 0.1) is 12.1 Å². The highest BCUT2D eigenvalue weighted by atomic mass is 35.5. The fourth-order valence-corrected chi connectivity index (χ4v) is 2.08. The number of aryl methyl sites for hydroxylation is 1. The van der Waals surface area contributed by atoms with E-state index in [1.165, 1.54) is 37.4 Å². The molecule has 0 heterocycles. The number of halogens is 2. The molecule has 0 bridgehead atoms. The van der Waals surface area contributed by atoms with E-state index in [1.54, 1.807) is 6.92 Å². The van der Waals surface area contributed by atoms with Gasteiger partial charge in [0.1, 0.15) is 17.1 Å². The van der Waals surface area contributed by atoms with Crippen LogP contribution in [-0.2, 0) is 4.74 Å². The quantitative estimate of drug-likeness (QED) is 0.689. The summed E-state index contributed by atoms with van der Waals surface area (Å²) in [5.41, 5.74) is 6.65. The largest absolute Gasteiger partial charge is 0.465 e. The first-order valence-electron chi connectivity index (χ1n) is 6.03. The Morgan fingerprint density at radius 2 is 2.00 bits per heavy atom. The van der Waals surface area contributed by atoms with Gasteiger partial charge in [-0.3, -0.25) is 0 Å². The molecular weight excluding hydrogens is 297 g/mol. The van der Waals surface area contributed by atoms with E-state index in [9.17, 15) is 9.18 Å². The highest BCUT2D eigenvalue weighted by Crippen LogP contribution is 2.36. The number of anilines is 1. The van der Waals surface area contributed by atoms with Gasteiger partial charge in [-0.1, -0.05) is 11.6 Å². The molecule has 2 rings (SSSR count). The predicted octanol–water partition coefficient (Wildman–Crippen LogP) is 3.95. The Balaban J connectivity index is 2.50. The van der Waals surface area contributed by atoms with Crippen LogP contribution in [-0.4, -0.2) is 13.1 Å². The third-order valence-electron chi connectivity index (χ3n) is 2.82. The molecule has 0 amide bonds. The molecule has 2 aromatic carbocycles. The van der Waals surface area contributed by atoms with Crippen LogP contribution in [0.1, 0.15) is 15.9 Å². The zero-order chi connectivity index (χ0) is 15.6. The standard InChI is InChI=1S/C15H13ClFNO3/c1-8-5-9(17)3-4-13(8)21-14-11(15(19)20-2)6-10(18)7-12(14)16/h3-7H,18H2,1-2H3. The highest BCUT2D eigenvalue weighted by molar-refractivity contribution is 6.33. The molecule has 0 radical (unpaired) electrons. The van der Waals surface area contributed by atoms with Crippen LogP contribution in [0.3, 0.4) is 0 Å². The lowest BCUT2D eigenvalue weighted by molar-refractivity contribution is 0.0598. The van der Waals surface area contributed by atoms with Crippen molar-refractivity contribution in [2.75, 3.05) is 12.8 Å². The third kappa shape index (κ3) is 3.25. The fraction of sp³-hybridized carbons (Fsp3) is 0.133. The first kappa shape index (κ1) is 15.1. The lowest BCUT2D eigenvalue weighted by Crippen LogP contribution is -2.05. The molecule has 0 saturated heterocycles. The summed E-state index contributed by atoms with van der Waals surface area (Å²) in [6.07, 6.45) is 0. The van der Waals surface area contributed by atoms with E-state index in [0.29, 0.717) is 17.0 Å². The molecule has 6 heteroatoms. The highest BCUT2D eigenvalue weighted by Gasteiger charge is 2.19. The minimum absolute atomic E-state index is 0.103. The number of carbonyl (C=O) groups is 1. The van der Waals surface area contributed by atoms with Gasteiger partial charge >= 0.3 is 5.97 Å². The van der Waals surface area contributed by atoms with Gasteiger partial charge in [-0.05, 0) is 42.8 Å².